The summed E-state index contributed by atoms with van der Waals surface area (Å²) in [5.74, 6) is 0.541. The smallest absolute Gasteiger partial charge is 0.269 e. The number of rotatable bonds is 7. The minimum Gasteiger partial charge on any atom is -0.393 e. The van der Waals surface area contributed by atoms with Crippen molar-refractivity contribution in [1.82, 2.24) is 0 Å². The van der Waals surface area contributed by atoms with E-state index in [1.807, 2.05) is 6.92 Å². The molecule has 1 unspecified atom stereocenters. The third kappa shape index (κ3) is 4.02. The first-order valence-corrected chi connectivity index (χ1v) is 7.11. The molecule has 1 saturated carbocycles. The van der Waals surface area contributed by atoms with Crippen LogP contribution in [0.4, 0.5) is 5.69 Å². The van der Waals surface area contributed by atoms with Gasteiger partial charge in [-0.15, -0.1) is 0 Å². The summed E-state index contributed by atoms with van der Waals surface area (Å²) in [5.41, 5.74) is 1.02. The maximum Gasteiger partial charge on any atom is 0.269 e. The van der Waals surface area contributed by atoms with Gasteiger partial charge in [0, 0.05) is 18.7 Å². The van der Waals surface area contributed by atoms with Crippen molar-refractivity contribution in [3.8, 4) is 0 Å². The van der Waals surface area contributed by atoms with Gasteiger partial charge in [-0.3, -0.25) is 10.1 Å². The molecule has 0 spiro atoms. The van der Waals surface area contributed by atoms with Crippen LogP contribution in [-0.4, -0.2) is 28.8 Å². The molecule has 1 aromatic carbocycles. The Labute approximate surface area is 118 Å². The maximum absolute atomic E-state index is 10.6. The Bertz CT molecular complexity index is 440. The fraction of sp³-hybridized carbons (Fsp3) is 0.600. The van der Waals surface area contributed by atoms with E-state index in [2.05, 4.69) is 0 Å². The van der Waals surface area contributed by atoms with Crippen molar-refractivity contribution in [1.29, 1.82) is 0 Å². The Morgan fingerprint density at radius 3 is 2.60 bits per heavy atom. The van der Waals surface area contributed by atoms with Crippen molar-refractivity contribution in [3.63, 3.8) is 0 Å². The predicted molar refractivity (Wildman–Crippen MR) is 75.6 cm³/mol. The molecule has 1 fully saturated rings. The molecule has 2 rings (SSSR count). The summed E-state index contributed by atoms with van der Waals surface area (Å²) in [6.07, 6.45) is 3.38. The number of non-ortho nitro benzene ring substituents is 1. The molecule has 20 heavy (non-hydrogen) atoms. The van der Waals surface area contributed by atoms with Gasteiger partial charge in [0.15, 0.2) is 0 Å². The third-order valence-electron chi connectivity index (χ3n) is 3.82. The molecule has 110 valence electrons. The Kier molecular flexibility index (Phi) is 5.09. The Morgan fingerprint density at radius 1 is 1.40 bits per heavy atom. The van der Waals surface area contributed by atoms with Gasteiger partial charge in [0.25, 0.3) is 5.69 Å². The van der Waals surface area contributed by atoms with E-state index in [0.29, 0.717) is 18.4 Å². The zero-order chi connectivity index (χ0) is 14.5. The van der Waals surface area contributed by atoms with Crippen molar-refractivity contribution >= 4 is 5.69 Å². The molecule has 0 amide bonds. The van der Waals surface area contributed by atoms with Crippen LogP contribution < -0.4 is 0 Å². The first-order valence-electron chi connectivity index (χ1n) is 7.11. The van der Waals surface area contributed by atoms with Gasteiger partial charge in [-0.05, 0) is 44.1 Å². The Balaban J connectivity index is 1.74. The van der Waals surface area contributed by atoms with Gasteiger partial charge in [0.2, 0.25) is 0 Å². The van der Waals surface area contributed by atoms with Gasteiger partial charge in [-0.25, -0.2) is 0 Å². The number of hydrogen-bond donors (Lipinski definition) is 1. The van der Waals surface area contributed by atoms with E-state index in [4.69, 9.17) is 4.74 Å². The molecule has 1 aliphatic carbocycles. The lowest BCUT2D eigenvalue weighted by atomic mass is 9.78. The topological polar surface area (TPSA) is 72.6 Å². The van der Waals surface area contributed by atoms with Gasteiger partial charge >= 0.3 is 0 Å². The minimum atomic E-state index is -0.414. The molecule has 1 N–H and O–H groups in total. The fourth-order valence-corrected chi connectivity index (χ4v) is 2.73. The van der Waals surface area contributed by atoms with Crippen LogP contribution in [0.1, 0.15) is 31.7 Å². The van der Waals surface area contributed by atoms with Gasteiger partial charge in [-0.1, -0.05) is 12.1 Å². The van der Waals surface area contributed by atoms with E-state index in [1.54, 1.807) is 12.1 Å². The summed E-state index contributed by atoms with van der Waals surface area (Å²) < 4.78 is 5.50. The zero-order valence-electron chi connectivity index (χ0n) is 11.7. The third-order valence-corrected chi connectivity index (χ3v) is 3.82. The highest BCUT2D eigenvalue weighted by atomic mass is 16.6. The first-order chi connectivity index (χ1) is 9.58. The number of nitro benzene ring substituents is 1. The summed E-state index contributed by atoms with van der Waals surface area (Å²) in [4.78, 5) is 10.1. The first kappa shape index (κ1) is 14.9. The molecule has 5 nitrogen and oxygen atoms in total. The van der Waals surface area contributed by atoms with Gasteiger partial charge in [-0.2, -0.15) is 0 Å². The molecule has 1 atom stereocenters. The van der Waals surface area contributed by atoms with Crippen molar-refractivity contribution in [2.24, 2.45) is 5.92 Å². The number of aliphatic hydroxyl groups excluding tert-OH is 1. The van der Waals surface area contributed by atoms with Crippen LogP contribution in [-0.2, 0) is 11.2 Å². The Hall–Kier alpha value is -1.46. The zero-order valence-corrected chi connectivity index (χ0v) is 11.7. The second kappa shape index (κ2) is 6.81. The number of aliphatic hydroxyl groups is 1. The van der Waals surface area contributed by atoms with Crippen LogP contribution in [0.2, 0.25) is 0 Å². The molecule has 0 heterocycles. The average molecular weight is 279 g/mol. The van der Waals surface area contributed by atoms with E-state index in [-0.39, 0.29) is 11.8 Å². The quantitative estimate of drug-likeness (QED) is 0.615. The van der Waals surface area contributed by atoms with Crippen molar-refractivity contribution in [2.75, 3.05) is 6.61 Å². The second-order valence-electron chi connectivity index (χ2n) is 5.43. The van der Waals surface area contributed by atoms with Crippen LogP contribution in [0.5, 0.6) is 0 Å². The lowest BCUT2D eigenvalue weighted by Crippen LogP contribution is -2.34. The highest BCUT2D eigenvalue weighted by Gasteiger charge is 2.30. The number of nitro groups is 1. The minimum absolute atomic E-state index is 0.0850. The summed E-state index contributed by atoms with van der Waals surface area (Å²) in [7, 11) is 0. The van der Waals surface area contributed by atoms with Crippen LogP contribution >= 0.6 is 0 Å². The Morgan fingerprint density at radius 2 is 2.05 bits per heavy atom. The summed E-state index contributed by atoms with van der Waals surface area (Å²) >= 11 is 0. The molecule has 0 aromatic heterocycles. The van der Waals surface area contributed by atoms with Crippen molar-refractivity contribution in [3.05, 3.63) is 39.9 Å². The number of nitrogens with zero attached hydrogens (tertiary/aromatic N) is 1. The fourth-order valence-electron chi connectivity index (χ4n) is 2.73. The van der Waals surface area contributed by atoms with Gasteiger partial charge in [0.05, 0.1) is 17.1 Å². The van der Waals surface area contributed by atoms with Gasteiger partial charge in [0.1, 0.15) is 0 Å². The monoisotopic (exact) mass is 279 g/mol. The molecule has 1 aliphatic rings. The van der Waals surface area contributed by atoms with E-state index in [0.717, 1.165) is 31.4 Å². The summed E-state index contributed by atoms with van der Waals surface area (Å²) in [6, 6.07) is 6.39. The second-order valence-corrected chi connectivity index (χ2v) is 5.43. The highest BCUT2D eigenvalue weighted by Crippen LogP contribution is 2.34. The molecular formula is C15H21NO4. The van der Waals surface area contributed by atoms with Crippen LogP contribution in [0.25, 0.3) is 0 Å². The standard InChI is InChI=1S/C15H21NO4/c1-2-20-15-9-12(10-15)8-14(17)7-11-3-5-13(6-4-11)16(18)19/h3-6,12,14-15,17H,2,7-10H2,1H3. The number of ether oxygens (including phenoxy) is 1. The molecule has 0 aliphatic heterocycles. The number of benzene rings is 1. The van der Waals surface area contributed by atoms with Crippen molar-refractivity contribution < 1.29 is 14.8 Å². The van der Waals surface area contributed by atoms with E-state index < -0.39 is 4.92 Å². The van der Waals surface area contributed by atoms with Gasteiger partial charge < -0.3 is 9.84 Å². The maximum atomic E-state index is 10.6. The highest BCUT2D eigenvalue weighted by molar-refractivity contribution is 5.33. The van der Waals surface area contributed by atoms with E-state index in [1.165, 1.54) is 12.1 Å². The lowest BCUT2D eigenvalue weighted by Gasteiger charge is -2.36. The molecule has 0 bridgehead atoms. The normalized spacial score (nSPS) is 23.1. The molecule has 0 radical (unpaired) electrons. The largest absolute Gasteiger partial charge is 0.393 e. The molecule has 5 heteroatoms. The lowest BCUT2D eigenvalue weighted by molar-refractivity contribution is -0.384. The average Bonchev–Trinajstić information content (AvgIpc) is 2.37. The summed E-state index contributed by atoms with van der Waals surface area (Å²) in [5, 5.41) is 20.6. The predicted octanol–water partition coefficient (Wildman–Crippen LogP) is 2.70. The SMILES string of the molecule is CCOC1CC(CC(O)Cc2ccc([N+](=O)[O-])cc2)C1. The summed E-state index contributed by atoms with van der Waals surface area (Å²) in [6.45, 7) is 2.75. The van der Waals surface area contributed by atoms with E-state index in [9.17, 15) is 15.2 Å². The molecule has 1 aromatic rings. The number of hydrogen-bond acceptors (Lipinski definition) is 4. The molecular weight excluding hydrogens is 258 g/mol. The van der Waals surface area contributed by atoms with Crippen LogP contribution in [0.3, 0.4) is 0 Å². The molecule has 0 saturated heterocycles. The van der Waals surface area contributed by atoms with Crippen LogP contribution in [0, 0.1) is 16.0 Å². The van der Waals surface area contributed by atoms with Crippen LogP contribution in [0.15, 0.2) is 24.3 Å². The van der Waals surface area contributed by atoms with Crippen molar-refractivity contribution in [2.45, 2.75) is 44.8 Å². The van der Waals surface area contributed by atoms with E-state index >= 15 is 0 Å².